The monoisotopic (exact) mass is 198 g/mol. The fraction of sp³-hybridized carbons (Fsp3) is 0.667. The van der Waals surface area contributed by atoms with Crippen LogP contribution in [0, 0.1) is 0 Å². The lowest BCUT2D eigenvalue weighted by Gasteiger charge is -2.15. The molecule has 1 unspecified atom stereocenters. The molecule has 5 nitrogen and oxygen atoms in total. The molecule has 0 saturated carbocycles. The van der Waals surface area contributed by atoms with Crippen LogP contribution in [0.4, 0.5) is 0 Å². The average Bonchev–Trinajstić information content (AvgIpc) is 2.53. The first-order chi connectivity index (χ1) is 6.63. The Morgan fingerprint density at radius 3 is 2.79 bits per heavy atom. The van der Waals surface area contributed by atoms with Gasteiger partial charge in [-0.2, -0.15) is 5.10 Å². The summed E-state index contributed by atoms with van der Waals surface area (Å²) in [5, 5.41) is 4.25. The van der Waals surface area contributed by atoms with Crippen molar-refractivity contribution in [1.82, 2.24) is 15.2 Å². The van der Waals surface area contributed by atoms with E-state index in [1.165, 1.54) is 0 Å². The molecule has 1 atom stereocenters. The number of aromatic nitrogens is 2. The van der Waals surface area contributed by atoms with Crippen LogP contribution in [0.3, 0.4) is 0 Å². The maximum Gasteiger partial charge on any atom is 0.0883 e. The summed E-state index contributed by atoms with van der Waals surface area (Å²) < 4.78 is 7.21. The van der Waals surface area contributed by atoms with Crippen molar-refractivity contribution in [1.29, 1.82) is 0 Å². The molecule has 0 spiro atoms. The number of hydrogen-bond acceptors (Lipinski definition) is 4. The number of aryl methyl sites for hydroxylation is 1. The molecule has 1 rings (SSSR count). The molecular weight excluding hydrogens is 180 g/mol. The molecule has 14 heavy (non-hydrogen) atoms. The molecule has 1 aromatic heterocycles. The van der Waals surface area contributed by atoms with Gasteiger partial charge in [0.15, 0.2) is 0 Å². The third kappa shape index (κ3) is 3.10. The highest BCUT2D eigenvalue weighted by Crippen LogP contribution is 2.09. The molecule has 1 aromatic rings. The van der Waals surface area contributed by atoms with E-state index in [1.54, 1.807) is 4.68 Å². The van der Waals surface area contributed by atoms with Gasteiger partial charge in [0.2, 0.25) is 0 Å². The minimum Gasteiger partial charge on any atom is -0.377 e. The van der Waals surface area contributed by atoms with Crippen LogP contribution < -0.4 is 11.3 Å². The maximum absolute atomic E-state index is 5.47. The third-order valence-electron chi connectivity index (χ3n) is 1.89. The van der Waals surface area contributed by atoms with Crippen molar-refractivity contribution in [2.24, 2.45) is 12.9 Å². The number of nitrogens with two attached hydrogens (primary N) is 1. The summed E-state index contributed by atoms with van der Waals surface area (Å²) >= 11 is 0. The molecule has 0 aliphatic carbocycles. The maximum atomic E-state index is 5.47. The van der Waals surface area contributed by atoms with Gasteiger partial charge in [-0.1, -0.05) is 0 Å². The predicted octanol–water partition coefficient (Wildman–Crippen LogP) is 0.349. The first-order valence-electron chi connectivity index (χ1n) is 4.70. The Labute approximate surface area is 84.2 Å². The second-order valence-corrected chi connectivity index (χ2v) is 3.52. The standard InChI is InChI=1S/C9H18N4O/c1-7(2)14-6-9(11-10)8-4-5-13(3)12-8/h4-5,7,9,11H,6,10H2,1-3H3. The normalized spacial score (nSPS) is 13.5. The van der Waals surface area contributed by atoms with Gasteiger partial charge in [0.25, 0.3) is 0 Å². The summed E-state index contributed by atoms with van der Waals surface area (Å²) in [6, 6.07) is 1.88. The molecule has 3 N–H and O–H groups in total. The van der Waals surface area contributed by atoms with E-state index in [2.05, 4.69) is 10.5 Å². The van der Waals surface area contributed by atoms with Gasteiger partial charge >= 0.3 is 0 Å². The van der Waals surface area contributed by atoms with Gasteiger partial charge in [-0.15, -0.1) is 0 Å². The van der Waals surface area contributed by atoms with E-state index >= 15 is 0 Å². The number of hydrazine groups is 1. The van der Waals surface area contributed by atoms with Crippen LogP contribution in [0.25, 0.3) is 0 Å². The molecule has 0 aliphatic rings. The van der Waals surface area contributed by atoms with Crippen molar-refractivity contribution in [2.45, 2.75) is 26.0 Å². The van der Waals surface area contributed by atoms with Gasteiger partial charge in [0, 0.05) is 13.2 Å². The van der Waals surface area contributed by atoms with Gasteiger partial charge in [0.1, 0.15) is 0 Å². The van der Waals surface area contributed by atoms with Gasteiger partial charge in [0.05, 0.1) is 24.4 Å². The highest BCUT2D eigenvalue weighted by molar-refractivity contribution is 5.04. The lowest BCUT2D eigenvalue weighted by molar-refractivity contribution is 0.0602. The Hall–Kier alpha value is -0.910. The highest BCUT2D eigenvalue weighted by atomic mass is 16.5. The average molecular weight is 198 g/mol. The van der Waals surface area contributed by atoms with E-state index in [9.17, 15) is 0 Å². The van der Waals surface area contributed by atoms with Gasteiger partial charge in [-0.05, 0) is 19.9 Å². The van der Waals surface area contributed by atoms with Gasteiger partial charge in [-0.3, -0.25) is 10.5 Å². The van der Waals surface area contributed by atoms with Crippen LogP contribution in [0.5, 0.6) is 0 Å². The number of nitrogens with zero attached hydrogens (tertiary/aromatic N) is 2. The number of nitrogens with one attached hydrogen (secondary N) is 1. The van der Waals surface area contributed by atoms with Crippen molar-refractivity contribution < 1.29 is 4.74 Å². The lowest BCUT2D eigenvalue weighted by atomic mass is 10.2. The SMILES string of the molecule is CC(C)OCC(NN)c1ccn(C)n1. The molecule has 0 saturated heterocycles. The van der Waals surface area contributed by atoms with E-state index < -0.39 is 0 Å². The third-order valence-corrected chi connectivity index (χ3v) is 1.89. The van der Waals surface area contributed by atoms with Crippen molar-refractivity contribution >= 4 is 0 Å². The Bertz CT molecular complexity index is 272. The number of rotatable bonds is 5. The van der Waals surface area contributed by atoms with Crippen LogP contribution in [0.15, 0.2) is 12.3 Å². The van der Waals surface area contributed by atoms with E-state index in [0.717, 1.165) is 5.69 Å². The predicted molar refractivity (Wildman–Crippen MR) is 54.4 cm³/mol. The number of hydrogen-bond donors (Lipinski definition) is 2. The summed E-state index contributed by atoms with van der Waals surface area (Å²) in [7, 11) is 1.88. The summed E-state index contributed by atoms with van der Waals surface area (Å²) in [5.74, 6) is 5.42. The Kier molecular flexibility index (Phi) is 4.06. The summed E-state index contributed by atoms with van der Waals surface area (Å²) in [6.07, 6.45) is 2.09. The van der Waals surface area contributed by atoms with Crippen molar-refractivity contribution in [3.8, 4) is 0 Å². The number of ether oxygens (including phenoxy) is 1. The van der Waals surface area contributed by atoms with Crippen LogP contribution >= 0.6 is 0 Å². The van der Waals surface area contributed by atoms with Crippen LogP contribution in [-0.4, -0.2) is 22.5 Å². The fourth-order valence-corrected chi connectivity index (χ4v) is 1.13. The molecule has 0 fully saturated rings. The Morgan fingerprint density at radius 1 is 1.64 bits per heavy atom. The topological polar surface area (TPSA) is 65.1 Å². The van der Waals surface area contributed by atoms with E-state index in [1.807, 2.05) is 33.2 Å². The minimum atomic E-state index is -0.0430. The molecule has 0 radical (unpaired) electrons. The summed E-state index contributed by atoms with van der Waals surface area (Å²) in [4.78, 5) is 0. The second kappa shape index (κ2) is 5.09. The van der Waals surface area contributed by atoms with Crippen LogP contribution in [0.1, 0.15) is 25.6 Å². The zero-order chi connectivity index (χ0) is 10.6. The smallest absolute Gasteiger partial charge is 0.0883 e. The molecular formula is C9H18N4O. The van der Waals surface area contributed by atoms with E-state index in [4.69, 9.17) is 10.6 Å². The zero-order valence-corrected chi connectivity index (χ0v) is 8.90. The largest absolute Gasteiger partial charge is 0.377 e. The Morgan fingerprint density at radius 2 is 2.36 bits per heavy atom. The van der Waals surface area contributed by atoms with Gasteiger partial charge in [-0.25, -0.2) is 5.43 Å². The minimum absolute atomic E-state index is 0.0430. The molecule has 1 heterocycles. The second-order valence-electron chi connectivity index (χ2n) is 3.52. The highest BCUT2D eigenvalue weighted by Gasteiger charge is 2.12. The molecule has 0 amide bonds. The molecule has 5 heteroatoms. The molecule has 0 aromatic carbocycles. The molecule has 80 valence electrons. The summed E-state index contributed by atoms with van der Waals surface area (Å²) in [6.45, 7) is 4.52. The van der Waals surface area contributed by atoms with E-state index in [0.29, 0.717) is 6.61 Å². The van der Waals surface area contributed by atoms with E-state index in [-0.39, 0.29) is 12.1 Å². The van der Waals surface area contributed by atoms with Crippen molar-refractivity contribution in [3.63, 3.8) is 0 Å². The van der Waals surface area contributed by atoms with Crippen molar-refractivity contribution in [2.75, 3.05) is 6.61 Å². The Balaban J connectivity index is 2.54. The van der Waals surface area contributed by atoms with Crippen molar-refractivity contribution in [3.05, 3.63) is 18.0 Å². The first-order valence-corrected chi connectivity index (χ1v) is 4.70. The zero-order valence-electron chi connectivity index (χ0n) is 8.90. The van der Waals surface area contributed by atoms with Gasteiger partial charge < -0.3 is 4.74 Å². The first kappa shape index (κ1) is 11.2. The van der Waals surface area contributed by atoms with Crippen LogP contribution in [0.2, 0.25) is 0 Å². The lowest BCUT2D eigenvalue weighted by Crippen LogP contribution is -2.32. The quantitative estimate of drug-likeness (QED) is 0.529. The summed E-state index contributed by atoms with van der Waals surface area (Å²) in [5.41, 5.74) is 3.58. The fourth-order valence-electron chi connectivity index (χ4n) is 1.13. The molecule has 0 aliphatic heterocycles. The molecule has 0 bridgehead atoms. The van der Waals surface area contributed by atoms with Crippen LogP contribution in [-0.2, 0) is 11.8 Å².